The summed E-state index contributed by atoms with van der Waals surface area (Å²) in [5.74, 6) is 0.960. The monoisotopic (exact) mass is 220 g/mol. The Balaban J connectivity index is 2.34. The Kier molecular flexibility index (Phi) is 3.22. The van der Waals surface area contributed by atoms with Crippen molar-refractivity contribution in [2.75, 3.05) is 30.4 Å². The molecule has 0 aromatic heterocycles. The lowest BCUT2D eigenvalue weighted by atomic mass is 10.1. The summed E-state index contributed by atoms with van der Waals surface area (Å²) in [7, 11) is 2.16. The molecule has 0 fully saturated rings. The summed E-state index contributed by atoms with van der Waals surface area (Å²) in [6.07, 6.45) is 1.15. The van der Waals surface area contributed by atoms with Crippen LogP contribution in [0.2, 0.25) is 0 Å². The minimum absolute atomic E-state index is 0.573. The van der Waals surface area contributed by atoms with E-state index in [0.717, 1.165) is 24.4 Å². The normalized spacial score (nSPS) is 18.9. The summed E-state index contributed by atoms with van der Waals surface area (Å²) in [6, 6.07) is 6.80. The van der Waals surface area contributed by atoms with E-state index in [2.05, 4.69) is 36.3 Å². The Morgan fingerprint density at radius 2 is 2.25 bits per heavy atom. The Morgan fingerprint density at radius 1 is 1.44 bits per heavy atom. The molecule has 0 saturated carbocycles. The quantitative estimate of drug-likeness (QED) is 0.847. The van der Waals surface area contributed by atoms with Gasteiger partial charge in [-0.15, -0.1) is 0 Å². The van der Waals surface area contributed by atoms with Crippen molar-refractivity contribution < 1.29 is 4.74 Å². The van der Waals surface area contributed by atoms with E-state index in [4.69, 9.17) is 4.74 Å². The molecule has 0 amide bonds. The zero-order valence-corrected chi connectivity index (χ0v) is 10.3. The van der Waals surface area contributed by atoms with Gasteiger partial charge in [-0.25, -0.2) is 0 Å². The molecule has 0 radical (unpaired) electrons. The third-order valence-electron chi connectivity index (χ3n) is 3.22. The van der Waals surface area contributed by atoms with E-state index in [1.165, 1.54) is 5.69 Å². The van der Waals surface area contributed by atoms with Crippen molar-refractivity contribution in [2.24, 2.45) is 0 Å². The van der Waals surface area contributed by atoms with Crippen LogP contribution in [0.4, 0.5) is 11.4 Å². The summed E-state index contributed by atoms with van der Waals surface area (Å²) in [4.78, 5) is 2.34. The first kappa shape index (κ1) is 11.1. The van der Waals surface area contributed by atoms with E-state index < -0.39 is 0 Å². The molecular weight excluding hydrogens is 200 g/mol. The summed E-state index contributed by atoms with van der Waals surface area (Å²) in [6.45, 7) is 5.93. The maximum absolute atomic E-state index is 5.63. The number of para-hydroxylation sites is 1. The minimum atomic E-state index is 0.573. The van der Waals surface area contributed by atoms with Crippen LogP contribution in [-0.2, 0) is 0 Å². The van der Waals surface area contributed by atoms with Crippen LogP contribution in [0, 0.1) is 0 Å². The molecule has 2 rings (SSSR count). The van der Waals surface area contributed by atoms with Crippen molar-refractivity contribution in [1.82, 2.24) is 0 Å². The smallest absolute Gasteiger partial charge is 0.144 e. The van der Waals surface area contributed by atoms with Crippen molar-refractivity contribution in [3.8, 4) is 5.75 Å². The summed E-state index contributed by atoms with van der Waals surface area (Å²) >= 11 is 0. The lowest BCUT2D eigenvalue weighted by Crippen LogP contribution is -2.41. The van der Waals surface area contributed by atoms with Crippen molar-refractivity contribution in [2.45, 2.75) is 26.3 Å². The SMILES string of the molecule is CCOc1cccc2c1NCC(CC)N2C. The number of ether oxygens (including phenoxy) is 1. The van der Waals surface area contributed by atoms with Gasteiger partial charge in [-0.2, -0.15) is 0 Å². The maximum Gasteiger partial charge on any atom is 0.144 e. The Bertz CT molecular complexity index is 365. The molecule has 1 unspecified atom stereocenters. The van der Waals surface area contributed by atoms with Gasteiger partial charge < -0.3 is 15.0 Å². The number of hydrogen-bond donors (Lipinski definition) is 1. The van der Waals surface area contributed by atoms with Gasteiger partial charge in [0.25, 0.3) is 0 Å². The highest BCUT2D eigenvalue weighted by atomic mass is 16.5. The van der Waals surface area contributed by atoms with E-state index in [1.54, 1.807) is 0 Å². The van der Waals surface area contributed by atoms with Crippen LogP contribution in [0.25, 0.3) is 0 Å². The topological polar surface area (TPSA) is 24.5 Å². The van der Waals surface area contributed by atoms with Gasteiger partial charge in [-0.05, 0) is 25.5 Å². The average Bonchev–Trinajstić information content (AvgIpc) is 2.31. The summed E-state index contributed by atoms with van der Waals surface area (Å²) < 4.78 is 5.63. The van der Waals surface area contributed by atoms with E-state index in [1.807, 2.05) is 13.0 Å². The largest absolute Gasteiger partial charge is 0.492 e. The number of hydrogen-bond acceptors (Lipinski definition) is 3. The highest BCUT2D eigenvalue weighted by Crippen LogP contribution is 2.38. The second-order valence-electron chi connectivity index (χ2n) is 4.14. The molecule has 0 aliphatic carbocycles. The molecule has 1 aliphatic heterocycles. The number of nitrogens with zero attached hydrogens (tertiary/aromatic N) is 1. The van der Waals surface area contributed by atoms with E-state index in [0.29, 0.717) is 12.6 Å². The highest BCUT2D eigenvalue weighted by Gasteiger charge is 2.23. The molecule has 3 heteroatoms. The molecule has 1 N–H and O–H groups in total. The minimum Gasteiger partial charge on any atom is -0.492 e. The number of likely N-dealkylation sites (N-methyl/N-ethyl adjacent to an activating group) is 1. The van der Waals surface area contributed by atoms with Crippen LogP contribution in [0.15, 0.2) is 18.2 Å². The van der Waals surface area contributed by atoms with Gasteiger partial charge in [0.2, 0.25) is 0 Å². The second-order valence-corrected chi connectivity index (χ2v) is 4.14. The molecule has 0 bridgehead atoms. The fourth-order valence-electron chi connectivity index (χ4n) is 2.24. The van der Waals surface area contributed by atoms with Gasteiger partial charge in [0.05, 0.1) is 12.3 Å². The Morgan fingerprint density at radius 3 is 2.94 bits per heavy atom. The van der Waals surface area contributed by atoms with Gasteiger partial charge in [0, 0.05) is 19.6 Å². The molecule has 1 aromatic carbocycles. The molecule has 3 nitrogen and oxygen atoms in total. The van der Waals surface area contributed by atoms with Crippen molar-refractivity contribution in [3.63, 3.8) is 0 Å². The molecule has 88 valence electrons. The van der Waals surface area contributed by atoms with Crippen LogP contribution in [0.5, 0.6) is 5.75 Å². The predicted octanol–water partition coefficient (Wildman–Crippen LogP) is 2.73. The fraction of sp³-hybridized carbons (Fsp3) is 0.538. The van der Waals surface area contributed by atoms with Gasteiger partial charge in [-0.1, -0.05) is 13.0 Å². The Labute approximate surface area is 97.4 Å². The van der Waals surface area contributed by atoms with Gasteiger partial charge >= 0.3 is 0 Å². The third kappa shape index (κ3) is 1.82. The van der Waals surface area contributed by atoms with Gasteiger partial charge in [0.1, 0.15) is 11.4 Å². The second kappa shape index (κ2) is 4.64. The summed E-state index contributed by atoms with van der Waals surface area (Å²) in [5.41, 5.74) is 2.38. The van der Waals surface area contributed by atoms with Gasteiger partial charge in [-0.3, -0.25) is 0 Å². The molecular formula is C13H20N2O. The first-order valence-electron chi connectivity index (χ1n) is 6.00. The molecule has 0 spiro atoms. The number of nitrogens with one attached hydrogen (secondary N) is 1. The average molecular weight is 220 g/mol. The third-order valence-corrected chi connectivity index (χ3v) is 3.22. The number of fused-ring (bicyclic) bond motifs is 1. The van der Waals surface area contributed by atoms with Crippen molar-refractivity contribution >= 4 is 11.4 Å². The lowest BCUT2D eigenvalue weighted by Gasteiger charge is -2.36. The molecule has 16 heavy (non-hydrogen) atoms. The van der Waals surface area contributed by atoms with Crippen molar-refractivity contribution in [1.29, 1.82) is 0 Å². The number of benzene rings is 1. The summed E-state index contributed by atoms with van der Waals surface area (Å²) in [5, 5.41) is 3.48. The highest BCUT2D eigenvalue weighted by molar-refractivity contribution is 5.78. The molecule has 1 heterocycles. The molecule has 1 aliphatic rings. The number of anilines is 2. The fourth-order valence-corrected chi connectivity index (χ4v) is 2.24. The van der Waals surface area contributed by atoms with Crippen LogP contribution < -0.4 is 15.0 Å². The molecule has 1 atom stereocenters. The number of rotatable bonds is 3. The first-order valence-corrected chi connectivity index (χ1v) is 6.00. The molecule has 0 saturated heterocycles. The Hall–Kier alpha value is -1.38. The predicted molar refractivity (Wildman–Crippen MR) is 68.6 cm³/mol. The van der Waals surface area contributed by atoms with Crippen LogP contribution in [0.1, 0.15) is 20.3 Å². The van der Waals surface area contributed by atoms with E-state index >= 15 is 0 Å². The lowest BCUT2D eigenvalue weighted by molar-refractivity contribution is 0.341. The first-order chi connectivity index (χ1) is 7.77. The van der Waals surface area contributed by atoms with Crippen LogP contribution >= 0.6 is 0 Å². The zero-order chi connectivity index (χ0) is 11.5. The van der Waals surface area contributed by atoms with E-state index in [9.17, 15) is 0 Å². The van der Waals surface area contributed by atoms with Crippen molar-refractivity contribution in [3.05, 3.63) is 18.2 Å². The van der Waals surface area contributed by atoms with E-state index in [-0.39, 0.29) is 0 Å². The maximum atomic E-state index is 5.63. The van der Waals surface area contributed by atoms with Gasteiger partial charge in [0.15, 0.2) is 0 Å². The van der Waals surface area contributed by atoms with Crippen LogP contribution in [-0.4, -0.2) is 26.2 Å². The molecule has 1 aromatic rings. The van der Waals surface area contributed by atoms with Crippen LogP contribution in [0.3, 0.4) is 0 Å². The zero-order valence-electron chi connectivity index (χ0n) is 10.3. The standard InChI is InChI=1S/C13H20N2O/c1-4-10-9-14-13-11(15(10)3)7-6-8-12(13)16-5-2/h6-8,10,14H,4-5,9H2,1-3H3.